The van der Waals surface area contributed by atoms with E-state index < -0.39 is 5.97 Å². The van der Waals surface area contributed by atoms with Gasteiger partial charge < -0.3 is 18.8 Å². The van der Waals surface area contributed by atoms with E-state index in [1.807, 2.05) is 29.6 Å². The molecule has 0 spiro atoms. The zero-order valence-electron chi connectivity index (χ0n) is 14.4. The highest BCUT2D eigenvalue weighted by Crippen LogP contribution is 2.25. The zero-order valence-corrected chi connectivity index (χ0v) is 15.2. The van der Waals surface area contributed by atoms with Crippen molar-refractivity contribution in [1.82, 2.24) is 9.55 Å². The summed E-state index contributed by atoms with van der Waals surface area (Å²) in [5.74, 6) is -0.605. The monoisotopic (exact) mass is 374 g/mol. The number of benzene rings is 1. The molecule has 26 heavy (non-hydrogen) atoms. The number of rotatable bonds is 8. The fraction of sp³-hybridized carbons (Fsp3) is 0.278. The van der Waals surface area contributed by atoms with Crippen molar-refractivity contribution in [2.24, 2.45) is 0 Å². The number of hydrogen-bond acceptors (Lipinski definition) is 7. The molecule has 0 fully saturated rings. The molecule has 136 valence electrons. The summed E-state index contributed by atoms with van der Waals surface area (Å²) in [4.78, 5) is 28.4. The third-order valence-corrected chi connectivity index (χ3v) is 4.64. The number of thiazole rings is 1. The number of carbonyl (C=O) groups excluding carboxylic acids is 2. The van der Waals surface area contributed by atoms with Gasteiger partial charge in [-0.2, -0.15) is 0 Å². The van der Waals surface area contributed by atoms with Gasteiger partial charge in [-0.25, -0.2) is 9.78 Å². The molecule has 0 N–H and O–H groups in total. The van der Waals surface area contributed by atoms with Crippen LogP contribution in [0.2, 0.25) is 0 Å². The van der Waals surface area contributed by atoms with Gasteiger partial charge in [-0.05, 0) is 6.07 Å². The van der Waals surface area contributed by atoms with Crippen molar-refractivity contribution in [2.45, 2.75) is 13.3 Å². The van der Waals surface area contributed by atoms with Crippen LogP contribution in [-0.4, -0.2) is 42.1 Å². The molecule has 0 radical (unpaired) electrons. The van der Waals surface area contributed by atoms with Crippen LogP contribution in [0.4, 0.5) is 0 Å². The van der Waals surface area contributed by atoms with Crippen molar-refractivity contribution >= 4 is 34.0 Å². The molecule has 0 aliphatic heterocycles. The molecule has 3 aromatic rings. The summed E-state index contributed by atoms with van der Waals surface area (Å²) >= 11 is 1.29. The molecule has 0 unspecified atom stereocenters. The lowest BCUT2D eigenvalue weighted by atomic mass is 10.1. The van der Waals surface area contributed by atoms with Crippen LogP contribution in [0.15, 0.2) is 35.8 Å². The Morgan fingerprint density at radius 1 is 1.23 bits per heavy atom. The molecule has 3 rings (SSSR count). The first kappa shape index (κ1) is 18.2. The maximum Gasteiger partial charge on any atom is 0.331 e. The SMILES string of the molecule is COCc1csc(C(=O)c2cn(COCC(=O)OC)c3ccccc23)n1. The number of hydrogen-bond donors (Lipinski definition) is 0. The molecule has 0 atom stereocenters. The van der Waals surface area contributed by atoms with E-state index in [4.69, 9.17) is 9.47 Å². The van der Waals surface area contributed by atoms with Crippen molar-refractivity contribution in [1.29, 1.82) is 0 Å². The second-order valence-corrected chi connectivity index (χ2v) is 6.35. The normalized spacial score (nSPS) is 11.0. The van der Waals surface area contributed by atoms with Gasteiger partial charge in [0.05, 0.1) is 30.5 Å². The highest BCUT2D eigenvalue weighted by molar-refractivity contribution is 7.12. The average molecular weight is 374 g/mol. The van der Waals surface area contributed by atoms with Crippen molar-refractivity contribution in [3.05, 3.63) is 52.1 Å². The van der Waals surface area contributed by atoms with Gasteiger partial charge in [-0.15, -0.1) is 11.3 Å². The van der Waals surface area contributed by atoms with Crippen LogP contribution in [0.1, 0.15) is 21.1 Å². The topological polar surface area (TPSA) is 79.7 Å². The third kappa shape index (κ3) is 3.82. The lowest BCUT2D eigenvalue weighted by Crippen LogP contribution is -2.12. The minimum absolute atomic E-state index is 0.135. The average Bonchev–Trinajstić information content (AvgIpc) is 3.27. The van der Waals surface area contributed by atoms with Crippen LogP contribution >= 0.6 is 11.3 Å². The molecular weight excluding hydrogens is 356 g/mol. The van der Waals surface area contributed by atoms with Crippen LogP contribution < -0.4 is 0 Å². The second-order valence-electron chi connectivity index (χ2n) is 5.49. The number of aromatic nitrogens is 2. The minimum atomic E-state index is -0.453. The number of para-hydroxylation sites is 1. The summed E-state index contributed by atoms with van der Waals surface area (Å²) in [6.45, 7) is 0.349. The summed E-state index contributed by atoms with van der Waals surface area (Å²) in [7, 11) is 2.89. The van der Waals surface area contributed by atoms with E-state index in [1.165, 1.54) is 18.4 Å². The van der Waals surface area contributed by atoms with Gasteiger partial charge >= 0.3 is 5.97 Å². The molecule has 7 nitrogen and oxygen atoms in total. The molecule has 2 heterocycles. The standard InChI is InChI=1S/C18H18N2O5S/c1-23-8-12-10-26-18(19-12)17(22)14-7-20(11-25-9-16(21)24-2)15-6-4-3-5-13(14)15/h3-7,10H,8-9,11H2,1-2H3. The van der Waals surface area contributed by atoms with E-state index in [1.54, 1.807) is 17.9 Å². The van der Waals surface area contributed by atoms with E-state index in [-0.39, 0.29) is 19.1 Å². The smallest absolute Gasteiger partial charge is 0.331 e. The third-order valence-electron chi connectivity index (χ3n) is 3.75. The highest BCUT2D eigenvalue weighted by Gasteiger charge is 2.19. The summed E-state index contributed by atoms with van der Waals surface area (Å²) in [5.41, 5.74) is 2.11. The number of nitrogens with zero attached hydrogens (tertiary/aromatic N) is 2. The molecular formula is C18H18N2O5S. The van der Waals surface area contributed by atoms with Gasteiger partial charge in [0.25, 0.3) is 0 Å². The predicted molar refractivity (Wildman–Crippen MR) is 96.2 cm³/mol. The van der Waals surface area contributed by atoms with Gasteiger partial charge in [-0.3, -0.25) is 4.79 Å². The lowest BCUT2D eigenvalue weighted by Gasteiger charge is -2.05. The Bertz CT molecular complexity index is 931. The second kappa shape index (κ2) is 8.22. The van der Waals surface area contributed by atoms with Crippen molar-refractivity contribution < 1.29 is 23.8 Å². The van der Waals surface area contributed by atoms with Crippen molar-refractivity contribution in [2.75, 3.05) is 20.8 Å². The summed E-state index contributed by atoms with van der Waals surface area (Å²) < 4.78 is 16.8. The molecule has 0 aliphatic rings. The van der Waals surface area contributed by atoms with Gasteiger partial charge in [0.15, 0.2) is 5.01 Å². The number of ether oxygens (including phenoxy) is 3. The summed E-state index contributed by atoms with van der Waals surface area (Å²) in [6, 6.07) is 7.53. The van der Waals surface area contributed by atoms with E-state index in [0.717, 1.165) is 16.6 Å². The highest BCUT2D eigenvalue weighted by atomic mass is 32.1. The van der Waals surface area contributed by atoms with Crippen LogP contribution in [0.5, 0.6) is 0 Å². The Hall–Kier alpha value is -2.55. The Kier molecular flexibility index (Phi) is 5.77. The number of fused-ring (bicyclic) bond motifs is 1. The van der Waals surface area contributed by atoms with Crippen LogP contribution in [0.3, 0.4) is 0 Å². The first-order chi connectivity index (χ1) is 12.6. The van der Waals surface area contributed by atoms with Crippen molar-refractivity contribution in [3.8, 4) is 0 Å². The van der Waals surface area contributed by atoms with Gasteiger partial charge in [0.2, 0.25) is 5.78 Å². The maximum atomic E-state index is 12.9. The molecule has 0 bridgehead atoms. The number of carbonyl (C=O) groups is 2. The summed E-state index contributed by atoms with van der Waals surface area (Å²) in [6.07, 6.45) is 1.72. The predicted octanol–water partition coefficient (Wildman–Crippen LogP) is 2.62. The minimum Gasteiger partial charge on any atom is -0.467 e. The van der Waals surface area contributed by atoms with E-state index >= 15 is 0 Å². The van der Waals surface area contributed by atoms with E-state index in [0.29, 0.717) is 17.2 Å². The molecule has 2 aromatic heterocycles. The largest absolute Gasteiger partial charge is 0.467 e. The molecule has 1 aromatic carbocycles. The van der Waals surface area contributed by atoms with Gasteiger partial charge in [0, 0.05) is 24.1 Å². The first-order valence-corrected chi connectivity index (χ1v) is 8.72. The van der Waals surface area contributed by atoms with Crippen molar-refractivity contribution in [3.63, 3.8) is 0 Å². The Labute approximate surface area is 154 Å². The summed E-state index contributed by atoms with van der Waals surface area (Å²) in [5, 5.41) is 3.04. The van der Waals surface area contributed by atoms with Gasteiger partial charge in [-0.1, -0.05) is 18.2 Å². The Balaban J connectivity index is 1.88. The first-order valence-electron chi connectivity index (χ1n) is 7.84. The number of methoxy groups -OCH3 is 2. The lowest BCUT2D eigenvalue weighted by molar-refractivity contribution is -0.147. The fourth-order valence-electron chi connectivity index (χ4n) is 2.56. The molecule has 0 saturated carbocycles. The molecule has 8 heteroatoms. The fourth-order valence-corrected chi connectivity index (χ4v) is 3.32. The Morgan fingerprint density at radius 2 is 2.04 bits per heavy atom. The number of esters is 1. The van der Waals surface area contributed by atoms with E-state index in [9.17, 15) is 9.59 Å². The quantitative estimate of drug-likeness (QED) is 0.445. The van der Waals surface area contributed by atoms with Crippen LogP contribution in [-0.2, 0) is 32.3 Å². The maximum absolute atomic E-state index is 12.9. The number of ketones is 1. The molecule has 0 aliphatic carbocycles. The van der Waals surface area contributed by atoms with Gasteiger partial charge in [0.1, 0.15) is 13.3 Å². The molecule has 0 amide bonds. The van der Waals surface area contributed by atoms with Crippen LogP contribution in [0.25, 0.3) is 10.9 Å². The van der Waals surface area contributed by atoms with E-state index in [2.05, 4.69) is 9.72 Å². The molecule has 0 saturated heterocycles. The zero-order chi connectivity index (χ0) is 18.5. The van der Waals surface area contributed by atoms with Crippen LogP contribution in [0, 0.1) is 0 Å². The Morgan fingerprint density at radius 3 is 2.81 bits per heavy atom.